The molecule has 0 aliphatic carbocycles. The van der Waals surface area contributed by atoms with Crippen LogP contribution in [-0.4, -0.2) is 43.9 Å². The van der Waals surface area contributed by atoms with Gasteiger partial charge in [-0.1, -0.05) is 130 Å². The van der Waals surface area contributed by atoms with Crippen molar-refractivity contribution in [2.75, 3.05) is 13.2 Å². The minimum absolute atomic E-state index is 0.332. The van der Waals surface area contributed by atoms with Crippen LogP contribution >= 0.6 is 0 Å². The van der Waals surface area contributed by atoms with E-state index in [1.807, 2.05) is 66.7 Å². The van der Waals surface area contributed by atoms with E-state index >= 15 is 0 Å². The quantitative estimate of drug-likeness (QED) is 0.181. The first kappa shape index (κ1) is 29.9. The van der Waals surface area contributed by atoms with Crippen molar-refractivity contribution >= 4 is 0 Å². The lowest BCUT2D eigenvalue weighted by atomic mass is 9.97. The van der Waals surface area contributed by atoms with E-state index in [1.54, 1.807) is 0 Å². The Morgan fingerprint density at radius 1 is 0.634 bits per heavy atom. The van der Waals surface area contributed by atoms with Crippen LogP contribution in [-0.2, 0) is 41.6 Å². The molecule has 2 aliphatic heterocycles. The van der Waals surface area contributed by atoms with Gasteiger partial charge in [-0.25, -0.2) is 0 Å². The van der Waals surface area contributed by atoms with Crippen LogP contribution < -0.4 is 0 Å². The van der Waals surface area contributed by atoms with E-state index in [-0.39, 0.29) is 12.2 Å². The molecule has 6 nitrogen and oxygen atoms in total. The summed E-state index contributed by atoms with van der Waals surface area (Å²) in [6.45, 7) is 4.09. The first-order valence-electron chi connectivity index (χ1n) is 15.2. The van der Waals surface area contributed by atoms with E-state index in [4.69, 9.17) is 28.4 Å². The standard InChI is InChI=1S/C35H44O6/c1-2-3-4-5-6-16-23-36-35-33(38-25-28-19-12-8-13-20-28)32(37-24-27-17-10-7-11-18-27)31-30(40-35)26-39-34(41-31)29-21-14-9-15-22-29/h7-15,17-22,30-35H,2-6,16,23-26H2,1H3/t30-,31-,32+,33+,34?,35-/m1/s1. The Morgan fingerprint density at radius 2 is 1.22 bits per heavy atom. The van der Waals surface area contributed by atoms with Crippen LogP contribution in [0.1, 0.15) is 68.4 Å². The number of ether oxygens (including phenoxy) is 6. The number of unbranched alkanes of at least 4 members (excludes halogenated alkanes) is 5. The molecule has 0 spiro atoms. The molecule has 1 unspecified atom stereocenters. The van der Waals surface area contributed by atoms with Crippen molar-refractivity contribution in [1.29, 1.82) is 0 Å². The maximum atomic E-state index is 6.66. The van der Waals surface area contributed by atoms with Crippen LogP contribution in [0.3, 0.4) is 0 Å². The highest BCUT2D eigenvalue weighted by atomic mass is 16.8. The molecule has 41 heavy (non-hydrogen) atoms. The zero-order valence-electron chi connectivity index (χ0n) is 24.1. The SMILES string of the molecule is CCCCCCCCO[C@@H]1O[C@@H]2COC(c3ccccc3)O[C@H]2[C@H](OCc2ccccc2)[C@@H]1OCc1ccccc1. The fourth-order valence-corrected chi connectivity index (χ4v) is 5.44. The van der Waals surface area contributed by atoms with Gasteiger partial charge in [-0.15, -0.1) is 0 Å². The molecule has 0 amide bonds. The first-order valence-corrected chi connectivity index (χ1v) is 15.2. The van der Waals surface area contributed by atoms with Gasteiger partial charge in [0, 0.05) is 12.2 Å². The third kappa shape index (κ3) is 8.71. The molecule has 2 aliphatic rings. The summed E-state index contributed by atoms with van der Waals surface area (Å²) in [7, 11) is 0. The van der Waals surface area contributed by atoms with Crippen LogP contribution in [0.5, 0.6) is 0 Å². The average molecular weight is 561 g/mol. The van der Waals surface area contributed by atoms with Gasteiger partial charge in [0.1, 0.15) is 24.4 Å². The van der Waals surface area contributed by atoms with Crippen LogP contribution in [0.2, 0.25) is 0 Å². The molecule has 0 bridgehead atoms. The summed E-state index contributed by atoms with van der Waals surface area (Å²) in [5.41, 5.74) is 3.14. The lowest BCUT2D eigenvalue weighted by Crippen LogP contribution is -2.63. The lowest BCUT2D eigenvalue weighted by Gasteiger charge is -2.49. The molecule has 0 radical (unpaired) electrons. The summed E-state index contributed by atoms with van der Waals surface area (Å²) in [4.78, 5) is 0. The lowest BCUT2D eigenvalue weighted by molar-refractivity contribution is -0.372. The fraction of sp³-hybridized carbons (Fsp3) is 0.486. The maximum absolute atomic E-state index is 6.66. The summed E-state index contributed by atoms with van der Waals surface area (Å²) >= 11 is 0. The van der Waals surface area contributed by atoms with Crippen molar-refractivity contribution in [3.63, 3.8) is 0 Å². The van der Waals surface area contributed by atoms with Gasteiger partial charge in [-0.05, 0) is 17.5 Å². The van der Waals surface area contributed by atoms with Crippen molar-refractivity contribution in [1.82, 2.24) is 0 Å². The normalized spacial score (nSPS) is 26.0. The molecule has 2 fully saturated rings. The minimum atomic E-state index is -0.586. The second-order valence-corrected chi connectivity index (χ2v) is 10.9. The molecular weight excluding hydrogens is 516 g/mol. The largest absolute Gasteiger partial charge is 0.368 e. The van der Waals surface area contributed by atoms with Gasteiger partial charge in [-0.2, -0.15) is 0 Å². The van der Waals surface area contributed by atoms with Crippen molar-refractivity contribution in [2.24, 2.45) is 0 Å². The highest BCUT2D eigenvalue weighted by Gasteiger charge is 2.51. The molecule has 2 saturated heterocycles. The molecule has 0 aromatic heterocycles. The summed E-state index contributed by atoms with van der Waals surface area (Å²) in [6, 6.07) is 30.4. The molecular formula is C35H44O6. The second kappa shape index (κ2) is 16.2. The fourth-order valence-electron chi connectivity index (χ4n) is 5.44. The van der Waals surface area contributed by atoms with Crippen molar-refractivity contribution in [2.45, 2.75) is 95.7 Å². The van der Waals surface area contributed by atoms with Gasteiger partial charge in [-0.3, -0.25) is 0 Å². The Hall–Kier alpha value is -2.58. The molecule has 0 saturated carbocycles. The first-order chi connectivity index (χ1) is 20.3. The Kier molecular flexibility index (Phi) is 11.8. The van der Waals surface area contributed by atoms with Gasteiger partial charge in [0.2, 0.25) is 0 Å². The van der Waals surface area contributed by atoms with Gasteiger partial charge in [0.25, 0.3) is 0 Å². The van der Waals surface area contributed by atoms with Crippen LogP contribution in [0.4, 0.5) is 0 Å². The van der Waals surface area contributed by atoms with Crippen molar-refractivity contribution in [3.8, 4) is 0 Å². The average Bonchev–Trinajstić information content (AvgIpc) is 3.03. The highest BCUT2D eigenvalue weighted by Crippen LogP contribution is 2.37. The zero-order valence-corrected chi connectivity index (χ0v) is 24.1. The Balaban J connectivity index is 1.33. The van der Waals surface area contributed by atoms with Gasteiger partial charge in [0.15, 0.2) is 12.6 Å². The monoisotopic (exact) mass is 560 g/mol. The molecule has 5 rings (SSSR count). The molecule has 6 atom stereocenters. The molecule has 6 heteroatoms. The van der Waals surface area contributed by atoms with Gasteiger partial charge < -0.3 is 28.4 Å². The minimum Gasteiger partial charge on any atom is -0.368 e. The third-order valence-electron chi connectivity index (χ3n) is 7.71. The van der Waals surface area contributed by atoms with Crippen LogP contribution in [0.15, 0.2) is 91.0 Å². The van der Waals surface area contributed by atoms with Crippen molar-refractivity contribution < 1.29 is 28.4 Å². The highest BCUT2D eigenvalue weighted by molar-refractivity contribution is 5.17. The summed E-state index contributed by atoms with van der Waals surface area (Å²) in [6.07, 6.45) is 4.48. The van der Waals surface area contributed by atoms with Gasteiger partial charge >= 0.3 is 0 Å². The number of rotatable bonds is 15. The molecule has 3 aromatic carbocycles. The molecule has 220 valence electrons. The smallest absolute Gasteiger partial charge is 0.186 e. The Bertz CT molecular complexity index is 1110. The summed E-state index contributed by atoms with van der Waals surface area (Å²) in [5.74, 6) is 0. The number of hydrogen-bond acceptors (Lipinski definition) is 6. The molecule has 3 aromatic rings. The number of fused-ring (bicyclic) bond motifs is 1. The topological polar surface area (TPSA) is 55.4 Å². The molecule has 2 heterocycles. The zero-order chi connectivity index (χ0) is 28.1. The predicted molar refractivity (Wildman–Crippen MR) is 158 cm³/mol. The maximum Gasteiger partial charge on any atom is 0.186 e. The van der Waals surface area contributed by atoms with E-state index in [0.717, 1.165) is 29.5 Å². The summed E-state index contributed by atoms with van der Waals surface area (Å²) in [5, 5.41) is 0. The number of benzene rings is 3. The third-order valence-corrected chi connectivity index (χ3v) is 7.71. The van der Waals surface area contributed by atoms with Crippen LogP contribution in [0, 0.1) is 0 Å². The van der Waals surface area contributed by atoms with E-state index in [9.17, 15) is 0 Å². The summed E-state index contributed by atoms with van der Waals surface area (Å²) < 4.78 is 38.9. The van der Waals surface area contributed by atoms with Crippen LogP contribution in [0.25, 0.3) is 0 Å². The number of hydrogen-bond donors (Lipinski definition) is 0. The van der Waals surface area contributed by atoms with Gasteiger partial charge in [0.05, 0.1) is 19.8 Å². The van der Waals surface area contributed by atoms with E-state index in [2.05, 4.69) is 31.2 Å². The molecule has 0 N–H and O–H groups in total. The Morgan fingerprint density at radius 3 is 1.88 bits per heavy atom. The second-order valence-electron chi connectivity index (χ2n) is 10.9. The van der Waals surface area contributed by atoms with Crippen molar-refractivity contribution in [3.05, 3.63) is 108 Å². The predicted octanol–water partition coefficient (Wildman–Crippen LogP) is 7.37. The van der Waals surface area contributed by atoms with E-state index in [1.165, 1.54) is 25.7 Å². The van der Waals surface area contributed by atoms with E-state index < -0.39 is 24.8 Å². The van der Waals surface area contributed by atoms with E-state index in [0.29, 0.717) is 26.4 Å². The Labute approximate surface area is 244 Å².